The van der Waals surface area contributed by atoms with Gasteiger partial charge in [-0.15, -0.1) is 9.77 Å². The van der Waals surface area contributed by atoms with Crippen molar-refractivity contribution in [1.29, 1.82) is 0 Å². The second-order valence-corrected chi connectivity index (χ2v) is 4.47. The zero-order valence-corrected chi connectivity index (χ0v) is 10.5. The van der Waals surface area contributed by atoms with Crippen molar-refractivity contribution in [1.82, 2.24) is 14.9 Å². The summed E-state index contributed by atoms with van der Waals surface area (Å²) in [5.74, 6) is 1.03. The predicted molar refractivity (Wildman–Crippen MR) is 65.1 cm³/mol. The molecule has 0 aliphatic carbocycles. The Kier molecular flexibility index (Phi) is 3.87. The monoisotopic (exact) mass is 225 g/mol. The summed E-state index contributed by atoms with van der Waals surface area (Å²) >= 11 is 0. The molecule has 0 saturated heterocycles. The van der Waals surface area contributed by atoms with E-state index >= 15 is 0 Å². The average Bonchev–Trinajstić information content (AvgIpc) is 2.46. The number of aromatic amines is 1. The number of nitrogens with one attached hydrogen (secondary N) is 1. The lowest BCUT2D eigenvalue weighted by atomic mass is 10.1. The van der Waals surface area contributed by atoms with Gasteiger partial charge >= 0.3 is 5.69 Å². The van der Waals surface area contributed by atoms with Crippen LogP contribution >= 0.6 is 0 Å². The van der Waals surface area contributed by atoms with Crippen LogP contribution in [0.1, 0.15) is 27.2 Å². The standard InChI is InChI=1S/C10H19N5O/c1-7(2)6-8(3)13-15-9(14(4)5)11-12-10(15)16/h7H,6H2,1-5H3,(H,12,16). The van der Waals surface area contributed by atoms with Gasteiger partial charge in [0, 0.05) is 19.8 Å². The average molecular weight is 225 g/mol. The Morgan fingerprint density at radius 1 is 1.56 bits per heavy atom. The largest absolute Gasteiger partial charge is 0.365 e. The molecule has 0 aliphatic heterocycles. The normalized spacial score (nSPS) is 12.2. The van der Waals surface area contributed by atoms with Gasteiger partial charge in [-0.3, -0.25) is 0 Å². The number of nitrogens with zero attached hydrogens (tertiary/aromatic N) is 4. The van der Waals surface area contributed by atoms with Crippen LogP contribution < -0.4 is 10.6 Å². The molecular formula is C10H19N5O. The summed E-state index contributed by atoms with van der Waals surface area (Å²) < 4.78 is 1.29. The maximum atomic E-state index is 11.5. The van der Waals surface area contributed by atoms with Gasteiger partial charge in [0.25, 0.3) is 0 Å². The second-order valence-electron chi connectivity index (χ2n) is 4.47. The molecule has 1 rings (SSSR count). The number of anilines is 1. The molecule has 0 aliphatic rings. The smallest absolute Gasteiger partial charge is 0.346 e. The lowest BCUT2D eigenvalue weighted by molar-refractivity contribution is 0.674. The van der Waals surface area contributed by atoms with Gasteiger partial charge in [-0.2, -0.15) is 5.10 Å². The van der Waals surface area contributed by atoms with Crippen LogP contribution in [0.4, 0.5) is 5.95 Å². The first-order valence-electron chi connectivity index (χ1n) is 5.31. The Bertz CT molecular complexity index is 427. The summed E-state index contributed by atoms with van der Waals surface area (Å²) in [7, 11) is 3.64. The molecule has 0 aromatic carbocycles. The zero-order valence-electron chi connectivity index (χ0n) is 10.5. The molecule has 6 heteroatoms. The summed E-state index contributed by atoms with van der Waals surface area (Å²) in [4.78, 5) is 13.2. The van der Waals surface area contributed by atoms with Crippen LogP contribution in [0.3, 0.4) is 0 Å². The lowest BCUT2D eigenvalue weighted by Crippen LogP contribution is -2.20. The third-order valence-corrected chi connectivity index (χ3v) is 2.01. The molecule has 0 fully saturated rings. The predicted octanol–water partition coefficient (Wildman–Crippen LogP) is 0.907. The Balaban J connectivity index is 3.04. The molecule has 1 aromatic heterocycles. The fraction of sp³-hybridized carbons (Fsp3) is 0.700. The van der Waals surface area contributed by atoms with Crippen LogP contribution in [0.5, 0.6) is 0 Å². The van der Waals surface area contributed by atoms with E-state index < -0.39 is 0 Å². The maximum absolute atomic E-state index is 11.5. The number of aromatic nitrogens is 3. The molecule has 16 heavy (non-hydrogen) atoms. The second kappa shape index (κ2) is 4.96. The van der Waals surface area contributed by atoms with Crippen LogP contribution in [0.15, 0.2) is 9.90 Å². The Morgan fingerprint density at radius 3 is 2.69 bits per heavy atom. The van der Waals surface area contributed by atoms with E-state index in [4.69, 9.17) is 0 Å². The van der Waals surface area contributed by atoms with Crippen LogP contribution in [0, 0.1) is 5.92 Å². The van der Waals surface area contributed by atoms with Crippen molar-refractivity contribution in [3.8, 4) is 0 Å². The Hall–Kier alpha value is -1.59. The highest BCUT2D eigenvalue weighted by Crippen LogP contribution is 2.05. The first-order chi connectivity index (χ1) is 7.41. The molecule has 0 unspecified atom stereocenters. The first kappa shape index (κ1) is 12.5. The number of hydrogen-bond donors (Lipinski definition) is 1. The van der Waals surface area contributed by atoms with E-state index in [1.165, 1.54) is 4.68 Å². The highest BCUT2D eigenvalue weighted by molar-refractivity contribution is 5.82. The molecule has 1 heterocycles. The third kappa shape index (κ3) is 2.95. The van der Waals surface area contributed by atoms with Gasteiger partial charge in [-0.1, -0.05) is 13.8 Å². The Labute approximate surface area is 95.0 Å². The number of H-pyrrole nitrogens is 1. The molecule has 0 spiro atoms. The van der Waals surface area contributed by atoms with Gasteiger partial charge < -0.3 is 4.90 Å². The highest BCUT2D eigenvalue weighted by atomic mass is 16.2. The fourth-order valence-electron chi connectivity index (χ4n) is 1.47. The summed E-state index contributed by atoms with van der Waals surface area (Å²) in [6.07, 6.45) is 0.866. The molecular weight excluding hydrogens is 206 g/mol. The SMILES string of the molecule is CC(CC(C)C)=Nn1c(N(C)C)n[nH]c1=O. The molecule has 1 N–H and O–H groups in total. The van der Waals surface area contributed by atoms with Crippen molar-refractivity contribution < 1.29 is 0 Å². The van der Waals surface area contributed by atoms with Gasteiger partial charge in [0.05, 0.1) is 0 Å². The molecule has 0 radical (unpaired) electrons. The minimum Gasteiger partial charge on any atom is -0.346 e. The topological polar surface area (TPSA) is 66.3 Å². The molecule has 6 nitrogen and oxygen atoms in total. The summed E-state index contributed by atoms with van der Waals surface area (Å²) in [5.41, 5.74) is 0.605. The van der Waals surface area contributed by atoms with Gasteiger partial charge in [-0.05, 0) is 19.3 Å². The number of hydrogen-bond acceptors (Lipinski definition) is 4. The molecule has 0 atom stereocenters. The van der Waals surface area contributed by atoms with E-state index in [1.54, 1.807) is 4.90 Å². The van der Waals surface area contributed by atoms with Crippen LogP contribution in [0.25, 0.3) is 0 Å². The van der Waals surface area contributed by atoms with E-state index in [0.717, 1.165) is 12.1 Å². The Morgan fingerprint density at radius 2 is 2.19 bits per heavy atom. The van der Waals surface area contributed by atoms with Crippen molar-refractivity contribution in [3.63, 3.8) is 0 Å². The summed E-state index contributed by atoms with van der Waals surface area (Å²) in [5, 5.41) is 10.5. The van der Waals surface area contributed by atoms with Gasteiger partial charge in [-0.25, -0.2) is 9.89 Å². The molecule has 90 valence electrons. The third-order valence-electron chi connectivity index (χ3n) is 2.01. The van der Waals surface area contributed by atoms with Crippen molar-refractivity contribution in [2.75, 3.05) is 19.0 Å². The molecule has 0 bridgehead atoms. The van der Waals surface area contributed by atoms with Crippen molar-refractivity contribution in [2.24, 2.45) is 11.0 Å². The number of rotatable bonds is 4. The van der Waals surface area contributed by atoms with Crippen LogP contribution in [-0.2, 0) is 0 Å². The summed E-state index contributed by atoms with van der Waals surface area (Å²) in [6.45, 7) is 6.15. The molecule has 0 saturated carbocycles. The van der Waals surface area contributed by atoms with Crippen molar-refractivity contribution in [3.05, 3.63) is 10.5 Å². The first-order valence-corrected chi connectivity index (χ1v) is 5.31. The minimum absolute atomic E-state index is 0.313. The van der Waals surface area contributed by atoms with Gasteiger partial charge in [0.15, 0.2) is 0 Å². The maximum Gasteiger partial charge on any atom is 0.365 e. The molecule has 1 aromatic rings. The van der Waals surface area contributed by atoms with E-state index in [9.17, 15) is 4.79 Å². The fourth-order valence-corrected chi connectivity index (χ4v) is 1.47. The van der Waals surface area contributed by atoms with E-state index in [0.29, 0.717) is 11.9 Å². The van der Waals surface area contributed by atoms with Gasteiger partial charge in [0.2, 0.25) is 5.95 Å². The van der Waals surface area contributed by atoms with E-state index in [1.807, 2.05) is 21.0 Å². The van der Waals surface area contributed by atoms with E-state index in [-0.39, 0.29) is 5.69 Å². The van der Waals surface area contributed by atoms with Crippen LogP contribution in [0.2, 0.25) is 0 Å². The quantitative estimate of drug-likeness (QED) is 0.774. The minimum atomic E-state index is -0.313. The lowest BCUT2D eigenvalue weighted by Gasteiger charge is -2.10. The summed E-state index contributed by atoms with van der Waals surface area (Å²) in [6, 6.07) is 0. The van der Waals surface area contributed by atoms with Crippen molar-refractivity contribution >= 4 is 11.7 Å². The highest BCUT2D eigenvalue weighted by Gasteiger charge is 2.09. The van der Waals surface area contributed by atoms with Crippen molar-refractivity contribution in [2.45, 2.75) is 27.2 Å². The molecule has 0 amide bonds. The van der Waals surface area contributed by atoms with Gasteiger partial charge in [0.1, 0.15) is 0 Å². The zero-order chi connectivity index (χ0) is 12.3. The van der Waals surface area contributed by atoms with E-state index in [2.05, 4.69) is 29.1 Å². The van der Waals surface area contributed by atoms with Crippen LogP contribution in [-0.4, -0.2) is 34.7 Å².